The third kappa shape index (κ3) is 6.37. The van der Waals surface area contributed by atoms with Crippen molar-refractivity contribution in [3.05, 3.63) is 58.7 Å². The van der Waals surface area contributed by atoms with Crippen LogP contribution in [0.4, 0.5) is 13.2 Å². The summed E-state index contributed by atoms with van der Waals surface area (Å²) in [7, 11) is -5.84. The van der Waals surface area contributed by atoms with Crippen molar-refractivity contribution >= 4 is 10.1 Å². The molecule has 0 radical (unpaired) electrons. The zero-order valence-electron chi connectivity index (χ0n) is 20.2. The summed E-state index contributed by atoms with van der Waals surface area (Å²) in [5.41, 5.74) is -4.36. The molecule has 0 saturated carbocycles. The third-order valence-corrected chi connectivity index (χ3v) is 6.70. The Hall–Kier alpha value is -2.93. The minimum absolute atomic E-state index is 0.0432. The average Bonchev–Trinajstić information content (AvgIpc) is 2.83. The van der Waals surface area contributed by atoms with E-state index in [-0.39, 0.29) is 29.4 Å². The average molecular weight is 562 g/mol. The number of hydrogen-bond acceptors (Lipinski definition) is 10. The van der Waals surface area contributed by atoms with Gasteiger partial charge in [0, 0.05) is 5.56 Å². The molecule has 5 atom stereocenters. The van der Waals surface area contributed by atoms with Crippen LogP contribution in [0.3, 0.4) is 0 Å². The van der Waals surface area contributed by atoms with Gasteiger partial charge in [-0.15, -0.1) is 0 Å². The summed E-state index contributed by atoms with van der Waals surface area (Å²) in [5.74, 6) is -0.403. The first kappa shape index (κ1) is 29.6. The van der Waals surface area contributed by atoms with E-state index in [0.29, 0.717) is 11.1 Å². The summed E-state index contributed by atoms with van der Waals surface area (Å²) in [6.07, 6.45) is -7.62. The molecule has 0 aliphatic carbocycles. The summed E-state index contributed by atoms with van der Waals surface area (Å²) in [4.78, 5) is 0. The summed E-state index contributed by atoms with van der Waals surface area (Å²) in [6, 6.07) is 9.60. The molecule has 0 unspecified atom stereocenters. The predicted octanol–water partition coefficient (Wildman–Crippen LogP) is 1.68. The first-order valence-electron chi connectivity index (χ1n) is 11.3. The van der Waals surface area contributed by atoms with Crippen molar-refractivity contribution < 1.29 is 55.7 Å². The van der Waals surface area contributed by atoms with Gasteiger partial charge in [-0.1, -0.05) is 12.1 Å². The molecular weight excluding hydrogens is 535 g/mol. The predicted molar refractivity (Wildman–Crippen MR) is 124 cm³/mol. The van der Waals surface area contributed by atoms with Gasteiger partial charge >= 0.3 is 15.6 Å². The van der Waals surface area contributed by atoms with Crippen LogP contribution in [0.25, 0.3) is 0 Å². The number of alkyl halides is 3. The zero-order chi connectivity index (χ0) is 28.4. The second kappa shape index (κ2) is 11.4. The highest BCUT2D eigenvalue weighted by Gasteiger charge is 2.48. The van der Waals surface area contributed by atoms with E-state index < -0.39 is 58.5 Å². The fourth-order valence-electron chi connectivity index (χ4n) is 3.89. The molecule has 1 fully saturated rings. The highest BCUT2D eigenvalue weighted by atomic mass is 32.2. The van der Waals surface area contributed by atoms with Gasteiger partial charge in [0.05, 0.1) is 24.3 Å². The monoisotopic (exact) mass is 561 g/mol. The number of nitrogens with zero attached hydrogens (tertiary/aromatic N) is 1. The standard InChI is InChI=1S/C24H26F3NO9S/c1-12(2)35-18-9-15(10-28)14(8-17(18)23-22(32)21(31)20(30)19(11-29)36-23)7-13-3-5-16(6-4-13)37-38(33,34)24(25,26)27/h3-6,8-9,12,19-23,29-32H,7,11H2,1-2H3/t19-,20-,21+,22-,23+/m1/s1. The Bertz CT molecular complexity index is 1270. The smallest absolute Gasteiger partial charge is 0.491 e. The fraction of sp³-hybridized carbons (Fsp3) is 0.458. The van der Waals surface area contributed by atoms with Crippen molar-refractivity contribution in [2.75, 3.05) is 6.61 Å². The van der Waals surface area contributed by atoms with Gasteiger partial charge in [0.15, 0.2) is 0 Å². The van der Waals surface area contributed by atoms with Gasteiger partial charge in [0.2, 0.25) is 0 Å². The van der Waals surface area contributed by atoms with E-state index in [1.54, 1.807) is 13.8 Å². The first-order valence-corrected chi connectivity index (χ1v) is 12.7. The minimum atomic E-state index is -5.84. The summed E-state index contributed by atoms with van der Waals surface area (Å²) < 4.78 is 75.7. The number of benzene rings is 2. The highest BCUT2D eigenvalue weighted by molar-refractivity contribution is 7.88. The fourth-order valence-corrected chi connectivity index (χ4v) is 4.35. The van der Waals surface area contributed by atoms with Gasteiger partial charge in [-0.2, -0.15) is 26.9 Å². The summed E-state index contributed by atoms with van der Waals surface area (Å²) in [5, 5.41) is 50.3. The molecule has 2 aromatic rings. The number of rotatable bonds is 8. The topological polar surface area (TPSA) is 167 Å². The molecule has 0 amide bonds. The maximum absolute atomic E-state index is 12.6. The van der Waals surface area contributed by atoms with Crippen LogP contribution in [-0.2, 0) is 21.3 Å². The van der Waals surface area contributed by atoms with Crippen molar-refractivity contribution in [1.82, 2.24) is 0 Å². The number of nitriles is 1. The number of aliphatic hydroxyl groups excluding tert-OH is 4. The van der Waals surface area contributed by atoms with Crippen molar-refractivity contribution in [1.29, 1.82) is 5.26 Å². The van der Waals surface area contributed by atoms with Crippen LogP contribution in [-0.4, -0.2) is 71.5 Å². The minimum Gasteiger partial charge on any atom is -0.491 e. The zero-order valence-corrected chi connectivity index (χ0v) is 21.0. The molecule has 0 bridgehead atoms. The van der Waals surface area contributed by atoms with Gasteiger partial charge < -0.3 is 34.1 Å². The van der Waals surface area contributed by atoms with E-state index in [1.807, 2.05) is 6.07 Å². The molecule has 38 heavy (non-hydrogen) atoms. The second-order valence-electron chi connectivity index (χ2n) is 8.88. The van der Waals surface area contributed by atoms with Crippen molar-refractivity contribution in [2.24, 2.45) is 0 Å². The Labute approximate surface area is 216 Å². The lowest BCUT2D eigenvalue weighted by Gasteiger charge is -2.40. The Morgan fingerprint density at radius 1 is 1.08 bits per heavy atom. The molecule has 1 saturated heterocycles. The molecule has 208 valence electrons. The van der Waals surface area contributed by atoms with E-state index >= 15 is 0 Å². The van der Waals surface area contributed by atoms with E-state index in [1.165, 1.54) is 24.3 Å². The van der Waals surface area contributed by atoms with Crippen LogP contribution in [0.15, 0.2) is 36.4 Å². The van der Waals surface area contributed by atoms with Gasteiger partial charge in [0.25, 0.3) is 0 Å². The Morgan fingerprint density at radius 3 is 2.24 bits per heavy atom. The Kier molecular flexibility index (Phi) is 8.92. The van der Waals surface area contributed by atoms with Gasteiger partial charge in [-0.3, -0.25) is 0 Å². The number of hydrogen-bond donors (Lipinski definition) is 4. The molecule has 10 nitrogen and oxygen atoms in total. The van der Waals surface area contributed by atoms with Crippen LogP contribution in [0.1, 0.15) is 42.2 Å². The van der Waals surface area contributed by atoms with Gasteiger partial charge in [0.1, 0.15) is 42.0 Å². The Morgan fingerprint density at radius 2 is 1.71 bits per heavy atom. The molecular formula is C24H26F3NO9S. The molecule has 2 aromatic carbocycles. The van der Waals surface area contributed by atoms with Crippen LogP contribution >= 0.6 is 0 Å². The molecule has 1 heterocycles. The third-order valence-electron chi connectivity index (χ3n) is 5.72. The molecule has 0 aromatic heterocycles. The lowest BCUT2D eigenvalue weighted by molar-refractivity contribution is -0.232. The van der Waals surface area contributed by atoms with Crippen molar-refractivity contribution in [3.63, 3.8) is 0 Å². The lowest BCUT2D eigenvalue weighted by atomic mass is 9.88. The first-order chi connectivity index (χ1) is 17.7. The molecule has 1 aliphatic rings. The maximum atomic E-state index is 12.6. The van der Waals surface area contributed by atoms with Crippen molar-refractivity contribution in [2.45, 2.75) is 62.4 Å². The molecule has 4 N–H and O–H groups in total. The van der Waals surface area contributed by atoms with Gasteiger partial charge in [-0.25, -0.2) is 0 Å². The van der Waals surface area contributed by atoms with Gasteiger partial charge in [-0.05, 0) is 55.7 Å². The van der Waals surface area contributed by atoms with E-state index in [4.69, 9.17) is 9.47 Å². The van der Waals surface area contributed by atoms with Crippen LogP contribution in [0.2, 0.25) is 0 Å². The number of halogens is 3. The second-order valence-corrected chi connectivity index (χ2v) is 10.4. The van der Waals surface area contributed by atoms with E-state index in [9.17, 15) is 47.3 Å². The maximum Gasteiger partial charge on any atom is 0.534 e. The van der Waals surface area contributed by atoms with Crippen LogP contribution < -0.4 is 8.92 Å². The van der Waals surface area contributed by atoms with E-state index in [2.05, 4.69) is 4.18 Å². The highest BCUT2D eigenvalue weighted by Crippen LogP contribution is 2.39. The molecule has 0 spiro atoms. The molecule has 1 aliphatic heterocycles. The SMILES string of the molecule is CC(C)Oc1cc(C#N)c(Cc2ccc(OS(=O)(=O)C(F)(F)F)cc2)cc1[C@@H]1O[C@H](CO)[C@@H](O)[C@H](O)[C@H]1O. The Balaban J connectivity index is 1.98. The normalized spacial score (nSPS) is 24.2. The molecule has 14 heteroatoms. The van der Waals surface area contributed by atoms with Crippen LogP contribution in [0, 0.1) is 11.3 Å². The summed E-state index contributed by atoms with van der Waals surface area (Å²) >= 11 is 0. The largest absolute Gasteiger partial charge is 0.534 e. The number of aliphatic hydroxyl groups is 4. The number of ether oxygens (including phenoxy) is 2. The van der Waals surface area contributed by atoms with E-state index in [0.717, 1.165) is 12.1 Å². The molecule has 3 rings (SSSR count). The van der Waals surface area contributed by atoms with Crippen LogP contribution in [0.5, 0.6) is 11.5 Å². The van der Waals surface area contributed by atoms with Crippen molar-refractivity contribution in [3.8, 4) is 17.6 Å². The lowest BCUT2D eigenvalue weighted by Crippen LogP contribution is -2.55. The quantitative estimate of drug-likeness (QED) is 0.275. The summed E-state index contributed by atoms with van der Waals surface area (Å²) in [6.45, 7) is 2.79.